The summed E-state index contributed by atoms with van der Waals surface area (Å²) in [6, 6.07) is 6.60. The Balaban J connectivity index is 1.82. The number of hydrogen-bond acceptors (Lipinski definition) is 4. The molecule has 0 bridgehead atoms. The van der Waals surface area contributed by atoms with Crippen molar-refractivity contribution >= 4 is 29.1 Å². The number of benzene rings is 1. The lowest BCUT2D eigenvalue weighted by molar-refractivity contribution is 0.0921. The summed E-state index contributed by atoms with van der Waals surface area (Å²) in [6.07, 6.45) is 3.17. The Morgan fingerprint density at radius 2 is 1.93 bits per heavy atom. The molecule has 7 heteroatoms. The van der Waals surface area contributed by atoms with Crippen LogP contribution in [0.15, 0.2) is 33.8 Å². The highest BCUT2D eigenvalue weighted by molar-refractivity contribution is 6.30. The number of hydrazone groups is 1. The molecule has 2 N–H and O–H groups in total. The number of halogens is 1. The van der Waals surface area contributed by atoms with E-state index < -0.39 is 0 Å². The predicted octanol–water partition coefficient (Wildman–Crippen LogP) is 3.85. The van der Waals surface area contributed by atoms with Crippen LogP contribution in [0.1, 0.15) is 64.0 Å². The number of hydrogen-bond donors (Lipinski definition) is 2. The topological polar surface area (TPSA) is 83.7 Å². The van der Waals surface area contributed by atoms with Crippen molar-refractivity contribution in [2.45, 2.75) is 39.5 Å². The number of furan rings is 1. The normalized spacial score (nSPS) is 14.7. The number of fused-ring (bicyclic) bond motifs is 1. The second-order valence-electron chi connectivity index (χ2n) is 6.47. The molecule has 3 rings (SSSR count). The van der Waals surface area contributed by atoms with Crippen molar-refractivity contribution in [3.8, 4) is 0 Å². The average Bonchev–Trinajstić information content (AvgIpc) is 3.02. The van der Waals surface area contributed by atoms with E-state index in [0.717, 1.165) is 41.9 Å². The summed E-state index contributed by atoms with van der Waals surface area (Å²) in [6.45, 7) is 4.45. The smallest absolute Gasteiger partial charge is 0.287 e. The van der Waals surface area contributed by atoms with Crippen LogP contribution in [0.3, 0.4) is 0 Å². The molecule has 1 aromatic carbocycles. The van der Waals surface area contributed by atoms with Crippen molar-refractivity contribution < 1.29 is 14.0 Å². The molecule has 1 aromatic heterocycles. The maximum absolute atomic E-state index is 12.3. The maximum Gasteiger partial charge on any atom is 0.287 e. The predicted molar refractivity (Wildman–Crippen MR) is 104 cm³/mol. The van der Waals surface area contributed by atoms with Gasteiger partial charge in [-0.25, -0.2) is 5.43 Å². The Hall–Kier alpha value is -2.60. The Labute approximate surface area is 163 Å². The second kappa shape index (κ2) is 8.39. The Kier molecular flexibility index (Phi) is 5.96. The number of carbonyl (C=O) groups excluding carboxylic acids is 2. The second-order valence-corrected chi connectivity index (χ2v) is 6.91. The SMILES string of the molecule is CCCNC(=O)c1oc2c(c1C)/C(=N/NC(=O)c1ccc(Cl)cc1)CCC2. The van der Waals surface area contributed by atoms with Crippen LogP contribution in [0.5, 0.6) is 0 Å². The first-order valence-corrected chi connectivity index (χ1v) is 9.42. The van der Waals surface area contributed by atoms with Crippen LogP contribution in [0.2, 0.25) is 5.02 Å². The highest BCUT2D eigenvalue weighted by Crippen LogP contribution is 2.29. The zero-order valence-corrected chi connectivity index (χ0v) is 16.2. The van der Waals surface area contributed by atoms with Gasteiger partial charge in [-0.1, -0.05) is 18.5 Å². The molecule has 0 aliphatic heterocycles. The molecule has 2 aromatic rings. The summed E-state index contributed by atoms with van der Waals surface area (Å²) in [5.74, 6) is 0.550. The van der Waals surface area contributed by atoms with Gasteiger partial charge in [0.05, 0.1) is 5.71 Å². The van der Waals surface area contributed by atoms with E-state index in [4.69, 9.17) is 16.0 Å². The van der Waals surface area contributed by atoms with Gasteiger partial charge >= 0.3 is 0 Å². The number of amides is 2. The lowest BCUT2D eigenvalue weighted by atomic mass is 9.93. The van der Waals surface area contributed by atoms with Crippen LogP contribution in [0.4, 0.5) is 0 Å². The van der Waals surface area contributed by atoms with E-state index in [-0.39, 0.29) is 11.8 Å². The highest BCUT2D eigenvalue weighted by Gasteiger charge is 2.27. The van der Waals surface area contributed by atoms with Crippen molar-refractivity contribution in [1.29, 1.82) is 0 Å². The number of carbonyl (C=O) groups is 2. The summed E-state index contributed by atoms with van der Waals surface area (Å²) in [5.41, 5.74) is 5.39. The molecule has 0 radical (unpaired) electrons. The van der Waals surface area contributed by atoms with Gasteiger partial charge in [0.2, 0.25) is 0 Å². The van der Waals surface area contributed by atoms with Crippen LogP contribution in [0, 0.1) is 6.92 Å². The van der Waals surface area contributed by atoms with Crippen molar-refractivity contribution in [3.05, 3.63) is 57.5 Å². The van der Waals surface area contributed by atoms with Gasteiger partial charge in [-0.3, -0.25) is 9.59 Å². The van der Waals surface area contributed by atoms with E-state index in [1.54, 1.807) is 24.3 Å². The zero-order chi connectivity index (χ0) is 19.4. The lowest BCUT2D eigenvalue weighted by Crippen LogP contribution is -2.24. The fourth-order valence-corrected chi connectivity index (χ4v) is 3.23. The molecule has 0 atom stereocenters. The van der Waals surface area contributed by atoms with Gasteiger partial charge in [0, 0.05) is 34.7 Å². The first-order valence-electron chi connectivity index (χ1n) is 9.04. The minimum absolute atomic E-state index is 0.215. The van der Waals surface area contributed by atoms with Gasteiger partial charge in [0.25, 0.3) is 11.8 Å². The average molecular weight is 388 g/mol. The van der Waals surface area contributed by atoms with Crippen LogP contribution in [-0.2, 0) is 6.42 Å². The van der Waals surface area contributed by atoms with E-state index in [9.17, 15) is 9.59 Å². The minimum atomic E-state index is -0.312. The molecular formula is C20H22ClN3O3. The summed E-state index contributed by atoms with van der Waals surface area (Å²) in [5, 5.41) is 7.72. The van der Waals surface area contributed by atoms with Crippen molar-refractivity contribution in [2.75, 3.05) is 6.54 Å². The molecule has 6 nitrogen and oxygen atoms in total. The third-order valence-electron chi connectivity index (χ3n) is 4.47. The zero-order valence-electron chi connectivity index (χ0n) is 15.4. The van der Waals surface area contributed by atoms with Gasteiger partial charge in [-0.2, -0.15) is 5.10 Å². The molecule has 0 unspecified atom stereocenters. The van der Waals surface area contributed by atoms with E-state index in [2.05, 4.69) is 15.8 Å². The third kappa shape index (κ3) is 4.22. The van der Waals surface area contributed by atoms with Gasteiger partial charge in [0.1, 0.15) is 5.76 Å². The summed E-state index contributed by atoms with van der Waals surface area (Å²) >= 11 is 5.85. The maximum atomic E-state index is 12.3. The van der Waals surface area contributed by atoms with E-state index in [1.807, 2.05) is 13.8 Å². The Morgan fingerprint density at radius 1 is 1.19 bits per heavy atom. The summed E-state index contributed by atoms with van der Waals surface area (Å²) < 4.78 is 5.81. The fourth-order valence-electron chi connectivity index (χ4n) is 3.10. The van der Waals surface area contributed by atoms with Gasteiger partial charge < -0.3 is 9.73 Å². The first-order chi connectivity index (χ1) is 13.0. The monoisotopic (exact) mass is 387 g/mol. The number of aryl methyl sites for hydroxylation is 1. The molecule has 0 fully saturated rings. The molecule has 0 spiro atoms. The van der Waals surface area contributed by atoms with Gasteiger partial charge in [-0.05, 0) is 50.5 Å². The Bertz CT molecular complexity index is 885. The van der Waals surface area contributed by atoms with Crippen LogP contribution >= 0.6 is 11.6 Å². The molecule has 0 saturated carbocycles. The fraction of sp³-hybridized carbons (Fsp3) is 0.350. The van der Waals surface area contributed by atoms with Gasteiger partial charge in [0.15, 0.2) is 5.76 Å². The molecule has 0 saturated heterocycles. The van der Waals surface area contributed by atoms with Crippen LogP contribution in [0.25, 0.3) is 0 Å². The first kappa shape index (κ1) is 19.2. The lowest BCUT2D eigenvalue weighted by Gasteiger charge is -2.13. The number of nitrogens with one attached hydrogen (secondary N) is 2. The standard InChI is InChI=1S/C20H22ClN3O3/c1-3-11-22-20(26)18-12(2)17-15(5-4-6-16(17)27-18)23-24-19(25)13-7-9-14(21)10-8-13/h7-10H,3-6,11H2,1-2H3,(H,22,26)(H,24,25)/b23-15+. The molecule has 1 heterocycles. The van der Waals surface area contributed by atoms with E-state index in [0.29, 0.717) is 29.3 Å². The molecular weight excluding hydrogens is 366 g/mol. The third-order valence-corrected chi connectivity index (χ3v) is 4.72. The largest absolute Gasteiger partial charge is 0.455 e. The van der Waals surface area contributed by atoms with E-state index >= 15 is 0 Å². The molecule has 142 valence electrons. The molecule has 1 aliphatic carbocycles. The quantitative estimate of drug-likeness (QED) is 0.764. The number of rotatable bonds is 5. The van der Waals surface area contributed by atoms with Crippen LogP contribution < -0.4 is 10.7 Å². The van der Waals surface area contributed by atoms with Gasteiger partial charge in [-0.15, -0.1) is 0 Å². The number of nitrogens with zero attached hydrogens (tertiary/aromatic N) is 1. The van der Waals surface area contributed by atoms with E-state index in [1.165, 1.54) is 0 Å². The minimum Gasteiger partial charge on any atom is -0.455 e. The van der Waals surface area contributed by atoms with Crippen molar-refractivity contribution in [1.82, 2.24) is 10.7 Å². The van der Waals surface area contributed by atoms with Crippen LogP contribution in [-0.4, -0.2) is 24.1 Å². The molecule has 2 amide bonds. The summed E-state index contributed by atoms with van der Waals surface area (Å²) in [7, 11) is 0. The van der Waals surface area contributed by atoms with Crippen molar-refractivity contribution in [2.24, 2.45) is 5.10 Å². The Morgan fingerprint density at radius 3 is 2.63 bits per heavy atom. The summed E-state index contributed by atoms with van der Waals surface area (Å²) in [4.78, 5) is 24.6. The highest BCUT2D eigenvalue weighted by atomic mass is 35.5. The molecule has 1 aliphatic rings. The molecule has 27 heavy (non-hydrogen) atoms. The van der Waals surface area contributed by atoms with Crippen molar-refractivity contribution in [3.63, 3.8) is 0 Å².